The predicted molar refractivity (Wildman–Crippen MR) is 91.5 cm³/mol. The van der Waals surface area contributed by atoms with Crippen LogP contribution >= 0.6 is 0 Å². The van der Waals surface area contributed by atoms with Crippen LogP contribution in [0.5, 0.6) is 0 Å². The third-order valence-corrected chi connectivity index (χ3v) is 2.73. The first-order valence-electron chi connectivity index (χ1n) is 7.27. The van der Waals surface area contributed by atoms with Gasteiger partial charge >= 0.3 is 12.1 Å². The summed E-state index contributed by atoms with van der Waals surface area (Å²) >= 11 is 0. The van der Waals surface area contributed by atoms with E-state index in [0.717, 1.165) is 0 Å². The highest BCUT2D eigenvalue weighted by molar-refractivity contribution is 5.89. The Hall–Kier alpha value is -3.77. The molecule has 6 nitrogen and oxygen atoms in total. The summed E-state index contributed by atoms with van der Waals surface area (Å²) in [6.45, 7) is -0.171. The van der Waals surface area contributed by atoms with E-state index in [2.05, 4.69) is 34.0 Å². The zero-order valence-electron chi connectivity index (χ0n) is 13.2. The van der Waals surface area contributed by atoms with Crippen LogP contribution in [0.3, 0.4) is 0 Å². The zero-order valence-corrected chi connectivity index (χ0v) is 13.2. The summed E-state index contributed by atoms with van der Waals surface area (Å²) in [4.78, 5) is 26.9. The lowest BCUT2D eigenvalue weighted by atomic mass is 10.3. The Kier molecular flexibility index (Phi) is 7.10. The normalized spacial score (nSPS) is 8.80. The lowest BCUT2D eigenvalue weighted by Gasteiger charge is -2.03. The van der Waals surface area contributed by atoms with Crippen molar-refractivity contribution < 1.29 is 19.1 Å². The fourth-order valence-corrected chi connectivity index (χ4v) is 1.61. The number of anilines is 1. The Balaban J connectivity index is 1.63. The molecule has 1 amide bonds. The van der Waals surface area contributed by atoms with Crippen LogP contribution in [0.1, 0.15) is 10.4 Å². The highest BCUT2D eigenvalue weighted by Gasteiger charge is 2.04. The van der Waals surface area contributed by atoms with E-state index in [1.165, 1.54) is 12.4 Å². The third kappa shape index (κ3) is 6.89. The van der Waals surface area contributed by atoms with Gasteiger partial charge in [-0.3, -0.25) is 10.3 Å². The van der Waals surface area contributed by atoms with E-state index in [0.29, 0.717) is 11.3 Å². The number of pyridine rings is 1. The fourth-order valence-electron chi connectivity index (χ4n) is 1.61. The fraction of sp³-hybridized carbons (Fsp3) is 0.105. The minimum absolute atomic E-state index is 0.0782. The van der Waals surface area contributed by atoms with Crippen molar-refractivity contribution in [2.45, 2.75) is 0 Å². The predicted octanol–water partition coefficient (Wildman–Crippen LogP) is 2.49. The molecule has 0 fully saturated rings. The average Bonchev–Trinajstić information content (AvgIpc) is 2.65. The van der Waals surface area contributed by atoms with Gasteiger partial charge in [-0.2, -0.15) is 0 Å². The number of ether oxygens (including phenoxy) is 2. The highest BCUT2D eigenvalue weighted by Crippen LogP contribution is 2.04. The van der Waals surface area contributed by atoms with E-state index in [1.54, 1.807) is 36.4 Å². The monoisotopic (exact) mass is 334 g/mol. The average molecular weight is 334 g/mol. The number of benzene rings is 1. The van der Waals surface area contributed by atoms with E-state index in [-0.39, 0.29) is 13.2 Å². The van der Waals surface area contributed by atoms with Gasteiger partial charge in [0.15, 0.2) is 13.2 Å². The van der Waals surface area contributed by atoms with Gasteiger partial charge < -0.3 is 9.47 Å². The minimum Gasteiger partial charge on any atom is -0.449 e. The van der Waals surface area contributed by atoms with Crippen LogP contribution in [0.25, 0.3) is 0 Å². The van der Waals surface area contributed by atoms with Gasteiger partial charge in [0.25, 0.3) is 0 Å². The van der Waals surface area contributed by atoms with Crippen molar-refractivity contribution in [3.05, 3.63) is 60.4 Å². The largest absolute Gasteiger partial charge is 0.449 e. The number of esters is 1. The molecule has 25 heavy (non-hydrogen) atoms. The van der Waals surface area contributed by atoms with Crippen LogP contribution in [0.2, 0.25) is 0 Å². The van der Waals surface area contributed by atoms with Gasteiger partial charge in [0.05, 0.1) is 5.56 Å². The molecule has 0 saturated heterocycles. The molecule has 0 atom stereocenters. The molecule has 1 heterocycles. The van der Waals surface area contributed by atoms with Crippen molar-refractivity contribution in [3.63, 3.8) is 0 Å². The first kappa shape index (κ1) is 17.6. The van der Waals surface area contributed by atoms with Gasteiger partial charge in [0, 0.05) is 18.1 Å². The Bertz CT molecular complexity index is 828. The number of rotatable bonds is 4. The molecule has 1 aromatic heterocycles. The second kappa shape index (κ2) is 10.1. The number of hydrogen-bond donors (Lipinski definition) is 1. The molecule has 2 aromatic rings. The second-order valence-corrected chi connectivity index (χ2v) is 4.48. The molecule has 0 spiro atoms. The van der Waals surface area contributed by atoms with Gasteiger partial charge in [-0.1, -0.05) is 18.2 Å². The lowest BCUT2D eigenvalue weighted by molar-refractivity contribution is 0.0556. The maximum absolute atomic E-state index is 11.6. The molecule has 124 valence electrons. The van der Waals surface area contributed by atoms with Crippen molar-refractivity contribution in [2.24, 2.45) is 0 Å². The molecule has 6 heteroatoms. The molecule has 2 rings (SSSR count). The van der Waals surface area contributed by atoms with Gasteiger partial charge in [-0.15, -0.1) is 0 Å². The number of hydrogen-bond acceptors (Lipinski definition) is 5. The van der Waals surface area contributed by atoms with E-state index in [1.807, 2.05) is 6.07 Å². The molecule has 0 aliphatic heterocycles. The lowest BCUT2D eigenvalue weighted by Crippen LogP contribution is -2.13. The highest BCUT2D eigenvalue weighted by atomic mass is 16.5. The first-order chi connectivity index (χ1) is 12.3. The van der Waals surface area contributed by atoms with E-state index in [9.17, 15) is 9.59 Å². The number of carbonyl (C=O) groups excluding carboxylic acids is 2. The van der Waals surface area contributed by atoms with Crippen molar-refractivity contribution >= 4 is 17.7 Å². The standard InChI is InChI=1S/C19H14N2O4/c22-18(16-10-12-20-13-11-16)24-14-6-1-2-7-15-25-19(23)21-17-8-4-3-5-9-17/h3-5,8-13H,14-15H2,(H,21,23). The maximum Gasteiger partial charge on any atom is 0.412 e. The molecule has 0 bridgehead atoms. The summed E-state index contributed by atoms with van der Waals surface area (Å²) < 4.78 is 9.80. The molecule has 0 unspecified atom stereocenters. The van der Waals surface area contributed by atoms with Crippen LogP contribution < -0.4 is 5.32 Å². The topological polar surface area (TPSA) is 77.5 Å². The third-order valence-electron chi connectivity index (χ3n) is 2.73. The Morgan fingerprint density at radius 2 is 1.56 bits per heavy atom. The van der Waals surface area contributed by atoms with Crippen molar-refractivity contribution in [1.29, 1.82) is 0 Å². The van der Waals surface area contributed by atoms with Crippen LogP contribution in [0, 0.1) is 23.7 Å². The quantitative estimate of drug-likeness (QED) is 0.687. The minimum atomic E-state index is -0.597. The molecular formula is C19H14N2O4. The van der Waals surface area contributed by atoms with E-state index in [4.69, 9.17) is 9.47 Å². The van der Waals surface area contributed by atoms with Crippen LogP contribution in [-0.4, -0.2) is 30.3 Å². The molecule has 1 aromatic carbocycles. The Labute approximate surface area is 145 Å². The van der Waals surface area contributed by atoms with E-state index < -0.39 is 12.1 Å². The summed E-state index contributed by atoms with van der Waals surface area (Å²) in [5.74, 6) is 9.67. The molecule has 0 aliphatic rings. The smallest absolute Gasteiger partial charge is 0.412 e. The molecule has 0 saturated carbocycles. The van der Waals surface area contributed by atoms with Crippen LogP contribution in [0.15, 0.2) is 54.9 Å². The van der Waals surface area contributed by atoms with Gasteiger partial charge in [-0.05, 0) is 47.9 Å². The summed E-state index contributed by atoms with van der Waals surface area (Å²) in [6.07, 6.45) is 2.41. The van der Waals surface area contributed by atoms with Crippen molar-refractivity contribution in [2.75, 3.05) is 18.5 Å². The van der Waals surface area contributed by atoms with E-state index >= 15 is 0 Å². The van der Waals surface area contributed by atoms with Crippen molar-refractivity contribution in [3.8, 4) is 23.7 Å². The summed E-state index contributed by atoms with van der Waals surface area (Å²) in [5, 5.41) is 2.55. The van der Waals surface area contributed by atoms with Gasteiger partial charge in [0.1, 0.15) is 0 Å². The number of carbonyl (C=O) groups is 2. The summed E-state index contributed by atoms with van der Waals surface area (Å²) in [6, 6.07) is 12.0. The first-order valence-corrected chi connectivity index (χ1v) is 7.27. The number of amides is 1. The molecule has 0 radical (unpaired) electrons. The SMILES string of the molecule is O=C(Nc1ccccc1)OCC#CC#CCOC(=O)c1ccncc1. The summed E-state index contributed by atoms with van der Waals surface area (Å²) in [5.41, 5.74) is 1.04. The van der Waals surface area contributed by atoms with Crippen LogP contribution in [0.4, 0.5) is 10.5 Å². The molecule has 1 N–H and O–H groups in total. The molecular weight excluding hydrogens is 320 g/mol. The molecule has 0 aliphatic carbocycles. The number of nitrogens with zero attached hydrogens (tertiary/aromatic N) is 1. The number of nitrogens with one attached hydrogen (secondary N) is 1. The Morgan fingerprint density at radius 3 is 2.24 bits per heavy atom. The van der Waals surface area contributed by atoms with Gasteiger partial charge in [-0.25, -0.2) is 9.59 Å². The van der Waals surface area contributed by atoms with Crippen LogP contribution in [-0.2, 0) is 9.47 Å². The second-order valence-electron chi connectivity index (χ2n) is 4.48. The Morgan fingerprint density at radius 1 is 0.920 bits per heavy atom. The van der Waals surface area contributed by atoms with Gasteiger partial charge in [0.2, 0.25) is 0 Å². The summed E-state index contributed by atoms with van der Waals surface area (Å²) in [7, 11) is 0. The maximum atomic E-state index is 11.6. The number of aromatic nitrogens is 1. The zero-order chi connectivity index (χ0) is 17.7. The number of para-hydroxylation sites is 1. The van der Waals surface area contributed by atoms with Crippen molar-refractivity contribution in [1.82, 2.24) is 4.98 Å².